The van der Waals surface area contributed by atoms with E-state index in [0.29, 0.717) is 47.8 Å². The predicted molar refractivity (Wildman–Crippen MR) is 121 cm³/mol. The first-order chi connectivity index (χ1) is 15.9. The monoisotopic (exact) mass is 450 g/mol. The molecule has 8 heteroatoms. The van der Waals surface area contributed by atoms with Crippen LogP contribution in [0.1, 0.15) is 48.9 Å². The van der Waals surface area contributed by atoms with E-state index in [1.54, 1.807) is 17.6 Å². The zero-order valence-electron chi connectivity index (χ0n) is 18.7. The second-order valence-corrected chi connectivity index (χ2v) is 8.48. The minimum Gasteiger partial charge on any atom is -0.493 e. The first-order valence-electron chi connectivity index (χ1n) is 11.3. The number of benzene rings is 1. The number of nitrogens with zero attached hydrogens (tertiary/aromatic N) is 2. The lowest BCUT2D eigenvalue weighted by molar-refractivity contribution is -0.172. The van der Waals surface area contributed by atoms with E-state index >= 15 is 0 Å². The molecule has 0 saturated carbocycles. The quantitative estimate of drug-likeness (QED) is 0.343. The summed E-state index contributed by atoms with van der Waals surface area (Å²) >= 11 is 0. The summed E-state index contributed by atoms with van der Waals surface area (Å²) in [5, 5.41) is 21.0. The number of ether oxygens (including phenoxy) is 2. The van der Waals surface area contributed by atoms with Crippen LogP contribution in [0, 0.1) is 0 Å². The van der Waals surface area contributed by atoms with Crippen molar-refractivity contribution in [2.75, 3.05) is 13.2 Å². The fraction of sp³-hybridized carbons (Fsp3) is 0.400. The van der Waals surface area contributed by atoms with E-state index in [1.807, 2.05) is 18.2 Å². The molecule has 0 fully saturated rings. The summed E-state index contributed by atoms with van der Waals surface area (Å²) in [4.78, 5) is 30.6. The highest BCUT2D eigenvalue weighted by Gasteiger charge is 2.45. The smallest absolute Gasteiger partial charge is 0.343 e. The molecule has 0 unspecified atom stereocenters. The number of pyridine rings is 2. The maximum Gasteiger partial charge on any atom is 0.343 e. The molecule has 5 rings (SSSR count). The van der Waals surface area contributed by atoms with E-state index in [4.69, 9.17) is 19.6 Å². The third kappa shape index (κ3) is 3.16. The molecule has 2 aromatic heterocycles. The molecule has 0 spiro atoms. The van der Waals surface area contributed by atoms with Crippen LogP contribution in [0.4, 0.5) is 0 Å². The highest BCUT2D eigenvalue weighted by molar-refractivity contribution is 5.90. The SMILES string of the molecule is CCc1c2c(nc3ccc(OCCCO)cc13)-c1cc3c(c(=O)n1C2)COC(=O)[C@]3(O)CC. The molecule has 33 heavy (non-hydrogen) atoms. The van der Waals surface area contributed by atoms with Gasteiger partial charge >= 0.3 is 5.97 Å². The van der Waals surface area contributed by atoms with Crippen LogP contribution in [-0.2, 0) is 34.7 Å². The minimum atomic E-state index is -1.84. The van der Waals surface area contributed by atoms with Crippen molar-refractivity contribution in [2.24, 2.45) is 0 Å². The summed E-state index contributed by atoms with van der Waals surface area (Å²) in [6.07, 6.45) is 1.41. The van der Waals surface area contributed by atoms with E-state index in [0.717, 1.165) is 28.5 Å². The Morgan fingerprint density at radius 2 is 2.03 bits per heavy atom. The van der Waals surface area contributed by atoms with E-state index in [-0.39, 0.29) is 25.2 Å². The molecule has 3 aromatic rings. The summed E-state index contributed by atoms with van der Waals surface area (Å²) in [6, 6.07) is 7.43. The van der Waals surface area contributed by atoms with Crippen LogP contribution in [0.5, 0.6) is 5.75 Å². The summed E-state index contributed by atoms with van der Waals surface area (Å²) in [7, 11) is 0. The summed E-state index contributed by atoms with van der Waals surface area (Å²) in [5.74, 6) is -0.0197. The van der Waals surface area contributed by atoms with Crippen LogP contribution < -0.4 is 10.3 Å². The molecule has 0 aliphatic carbocycles. The Morgan fingerprint density at radius 3 is 2.76 bits per heavy atom. The van der Waals surface area contributed by atoms with Gasteiger partial charge in [-0.1, -0.05) is 13.8 Å². The zero-order valence-corrected chi connectivity index (χ0v) is 18.7. The van der Waals surface area contributed by atoms with Gasteiger partial charge in [0, 0.05) is 29.5 Å². The van der Waals surface area contributed by atoms with Gasteiger partial charge in [0.25, 0.3) is 5.56 Å². The van der Waals surface area contributed by atoms with Crippen LogP contribution in [0.2, 0.25) is 0 Å². The van der Waals surface area contributed by atoms with Crippen molar-refractivity contribution < 1.29 is 24.5 Å². The molecule has 172 valence electrons. The molecule has 2 N–H and O–H groups in total. The minimum absolute atomic E-state index is 0.0731. The average molecular weight is 450 g/mol. The van der Waals surface area contributed by atoms with Gasteiger partial charge in [0.1, 0.15) is 12.4 Å². The largest absolute Gasteiger partial charge is 0.493 e. The first kappa shape index (κ1) is 21.6. The van der Waals surface area contributed by atoms with Crippen LogP contribution >= 0.6 is 0 Å². The number of hydrogen-bond acceptors (Lipinski definition) is 7. The summed E-state index contributed by atoms with van der Waals surface area (Å²) in [6.45, 7) is 4.48. The molecule has 2 aliphatic rings. The fourth-order valence-electron chi connectivity index (χ4n) is 4.89. The number of fused-ring (bicyclic) bond motifs is 5. The Balaban J connectivity index is 1.69. The number of cyclic esters (lactones) is 1. The van der Waals surface area contributed by atoms with Crippen LogP contribution in [0.3, 0.4) is 0 Å². The Hall–Kier alpha value is -3.23. The Kier molecular flexibility index (Phi) is 5.22. The van der Waals surface area contributed by atoms with Crippen molar-refractivity contribution in [1.82, 2.24) is 9.55 Å². The van der Waals surface area contributed by atoms with Gasteiger partial charge in [0.15, 0.2) is 5.60 Å². The number of aliphatic hydroxyl groups is 2. The lowest BCUT2D eigenvalue weighted by Crippen LogP contribution is -2.44. The normalized spacial score (nSPS) is 18.6. The van der Waals surface area contributed by atoms with Gasteiger partial charge < -0.3 is 24.3 Å². The lowest BCUT2D eigenvalue weighted by Gasteiger charge is -2.31. The second-order valence-electron chi connectivity index (χ2n) is 8.48. The highest BCUT2D eigenvalue weighted by atomic mass is 16.6. The third-order valence-electron chi connectivity index (χ3n) is 6.70. The summed E-state index contributed by atoms with van der Waals surface area (Å²) in [5.41, 5.74) is 2.67. The van der Waals surface area contributed by atoms with E-state index in [9.17, 15) is 14.7 Å². The topological polar surface area (TPSA) is 111 Å². The van der Waals surface area contributed by atoms with Gasteiger partial charge in [0.2, 0.25) is 0 Å². The second kappa shape index (κ2) is 7.97. The molecular weight excluding hydrogens is 424 g/mol. The number of hydrogen-bond donors (Lipinski definition) is 2. The number of aryl methyl sites for hydroxylation is 1. The number of rotatable bonds is 6. The highest BCUT2D eigenvalue weighted by Crippen LogP contribution is 2.40. The molecule has 0 radical (unpaired) electrons. The van der Waals surface area contributed by atoms with Crippen LogP contribution in [-0.4, -0.2) is 38.9 Å². The standard InChI is InChI=1S/C25H26N2O6/c1-3-15-16-10-14(32-9-5-8-28)6-7-20(16)26-22-17(15)12-27-21(22)11-19-18(23(27)29)13-33-24(30)25(19,31)4-2/h6-7,10-11,28,31H,3-5,8-9,12-13H2,1-2H3/t25-/m0/s1. The molecule has 0 amide bonds. The van der Waals surface area contributed by atoms with Gasteiger partial charge in [-0.15, -0.1) is 0 Å². The third-order valence-corrected chi connectivity index (χ3v) is 6.70. The number of esters is 1. The Morgan fingerprint density at radius 1 is 1.21 bits per heavy atom. The molecular formula is C25H26N2O6. The van der Waals surface area contributed by atoms with Crippen LogP contribution in [0.15, 0.2) is 29.1 Å². The molecule has 1 aromatic carbocycles. The Bertz CT molecular complexity index is 1350. The lowest BCUT2D eigenvalue weighted by atomic mass is 9.86. The zero-order chi connectivity index (χ0) is 23.3. The van der Waals surface area contributed by atoms with Gasteiger partial charge in [0.05, 0.1) is 35.6 Å². The van der Waals surface area contributed by atoms with E-state index in [1.165, 1.54) is 0 Å². The average Bonchev–Trinajstić information content (AvgIpc) is 3.19. The molecule has 0 saturated heterocycles. The van der Waals surface area contributed by atoms with Gasteiger partial charge in [-0.25, -0.2) is 9.78 Å². The molecule has 0 bridgehead atoms. The van der Waals surface area contributed by atoms with Crippen LogP contribution in [0.25, 0.3) is 22.3 Å². The van der Waals surface area contributed by atoms with Crippen molar-refractivity contribution in [3.63, 3.8) is 0 Å². The summed E-state index contributed by atoms with van der Waals surface area (Å²) < 4.78 is 12.5. The van der Waals surface area contributed by atoms with Crippen molar-refractivity contribution in [1.29, 1.82) is 0 Å². The first-order valence-corrected chi connectivity index (χ1v) is 11.3. The van der Waals surface area contributed by atoms with Crippen molar-refractivity contribution in [3.05, 3.63) is 56.9 Å². The van der Waals surface area contributed by atoms with Crippen molar-refractivity contribution in [2.45, 2.75) is 51.9 Å². The fourth-order valence-corrected chi connectivity index (χ4v) is 4.89. The molecule has 1 atom stereocenters. The molecule has 4 heterocycles. The number of aliphatic hydroxyl groups excluding tert-OH is 1. The maximum atomic E-state index is 13.4. The van der Waals surface area contributed by atoms with Crippen molar-refractivity contribution >= 4 is 16.9 Å². The number of carbonyl (C=O) groups excluding carboxylic acids is 1. The van der Waals surface area contributed by atoms with Crippen molar-refractivity contribution in [3.8, 4) is 17.1 Å². The predicted octanol–water partition coefficient (Wildman–Crippen LogP) is 2.40. The maximum absolute atomic E-state index is 13.4. The van der Waals surface area contributed by atoms with E-state index < -0.39 is 11.6 Å². The number of aromatic nitrogens is 2. The van der Waals surface area contributed by atoms with E-state index in [2.05, 4.69) is 6.92 Å². The van der Waals surface area contributed by atoms with Gasteiger partial charge in [-0.05, 0) is 42.7 Å². The van der Waals surface area contributed by atoms with Gasteiger partial charge in [-0.3, -0.25) is 4.79 Å². The molecule has 2 aliphatic heterocycles. The van der Waals surface area contributed by atoms with Gasteiger partial charge in [-0.2, -0.15) is 0 Å². The Labute approximate surface area is 190 Å². The number of carbonyl (C=O) groups is 1. The molecule has 8 nitrogen and oxygen atoms in total.